The smallest absolute Gasteiger partial charge is 0.164 e. The SMILES string of the molecule is c1ccc(-c2ccc(-c3cc4c(cc3-c3ccc(-c5ccccc5)cc3)-c3nc-4nc4[nH]c(nc5nc(nc6[nH]c(n3)c3cc(-c7ccc(-c8ccccc8)cc7)c(-c7ccc(-c8ccccc8)cc7)cc63)-c3cc(-c6ccc(-c7ccccc7)cc6)c(-c6ccc(-c7ccccc7)cc6)cc3-5)c3cc(-c5ccc(-c6ccccc6)cc5)c(-c5ccc(-c6ccccc6)cc5)cc43)cc2)cc1. The summed E-state index contributed by atoms with van der Waals surface area (Å²) < 4.78 is 0. The number of hydrogen-bond donors (Lipinski definition) is 2. The van der Waals surface area contributed by atoms with Crippen LogP contribution in [0.5, 0.6) is 0 Å². The lowest BCUT2D eigenvalue weighted by Gasteiger charge is -2.15. The molecule has 8 nitrogen and oxygen atoms in total. The third-order valence-corrected chi connectivity index (χ3v) is 26.8. The van der Waals surface area contributed by atoms with E-state index in [1.165, 1.54) is 0 Å². The van der Waals surface area contributed by atoms with E-state index in [1.807, 2.05) is 0 Å². The van der Waals surface area contributed by atoms with Crippen molar-refractivity contribution >= 4 is 44.1 Å². The van der Waals surface area contributed by atoms with Gasteiger partial charge in [0.1, 0.15) is 22.6 Å². The Kier molecular flexibility index (Phi) is 20.1. The second-order valence-electron chi connectivity index (χ2n) is 34.9. The first kappa shape index (κ1) is 79.9. The van der Waals surface area contributed by atoms with Gasteiger partial charge < -0.3 is 9.97 Å². The summed E-state index contributed by atoms with van der Waals surface area (Å²) in [6.07, 6.45) is 0. The lowest BCUT2D eigenvalue weighted by atomic mass is 9.89. The quantitative estimate of drug-likeness (QED) is 0.0998. The topological polar surface area (TPSA) is 109 Å². The van der Waals surface area contributed by atoms with Crippen LogP contribution in [0.1, 0.15) is 0 Å². The Labute approximate surface area is 787 Å². The van der Waals surface area contributed by atoms with E-state index in [0.717, 1.165) is 222 Å². The number of rotatable bonds is 16. The average molecular weight is 1730 g/mol. The fourth-order valence-electron chi connectivity index (χ4n) is 19.7. The molecular formula is C128H82N8. The number of H-pyrrole nitrogens is 2. The summed E-state index contributed by atoms with van der Waals surface area (Å²) >= 11 is 0. The van der Waals surface area contributed by atoms with E-state index in [1.54, 1.807) is 0 Å². The summed E-state index contributed by atoms with van der Waals surface area (Å²) in [6, 6.07) is 175. The summed E-state index contributed by atoms with van der Waals surface area (Å²) in [5, 5.41) is 3.30. The first-order chi connectivity index (χ1) is 67.3. The number of nitrogens with one attached hydrogen (secondary N) is 2. The highest BCUT2D eigenvalue weighted by molar-refractivity contribution is 6.13. The van der Waals surface area contributed by atoms with E-state index in [9.17, 15) is 0 Å². The molecule has 2 aliphatic rings. The number of nitrogens with zero attached hydrogens (tertiary/aromatic N) is 6. The van der Waals surface area contributed by atoms with E-state index >= 15 is 0 Å². The zero-order valence-electron chi connectivity index (χ0n) is 73.9. The van der Waals surface area contributed by atoms with Gasteiger partial charge in [-0.3, -0.25) is 0 Å². The van der Waals surface area contributed by atoms with E-state index < -0.39 is 0 Å². The molecule has 634 valence electrons. The molecule has 23 aromatic rings. The molecule has 0 aliphatic carbocycles. The van der Waals surface area contributed by atoms with Gasteiger partial charge in [-0.25, -0.2) is 29.9 Å². The van der Waals surface area contributed by atoms with Crippen LogP contribution in [0.2, 0.25) is 0 Å². The van der Waals surface area contributed by atoms with Crippen molar-refractivity contribution in [1.29, 1.82) is 0 Å². The van der Waals surface area contributed by atoms with Gasteiger partial charge in [-0.2, -0.15) is 0 Å². The molecule has 0 unspecified atom stereocenters. The summed E-state index contributed by atoms with van der Waals surface area (Å²) in [5.74, 6) is 1.85. The highest BCUT2D eigenvalue weighted by Crippen LogP contribution is 2.50. The van der Waals surface area contributed by atoms with Crippen molar-refractivity contribution in [2.24, 2.45) is 0 Å². The number of hydrogen-bond acceptors (Lipinski definition) is 6. The summed E-state index contributed by atoms with van der Waals surface area (Å²) in [7, 11) is 0. The molecule has 2 N–H and O–H groups in total. The Hall–Kier alpha value is -18.2. The first-order valence-corrected chi connectivity index (χ1v) is 46.2. The van der Waals surface area contributed by atoms with Crippen LogP contribution in [-0.4, -0.2) is 39.9 Å². The van der Waals surface area contributed by atoms with Gasteiger partial charge in [-0.05, 0) is 227 Å². The van der Waals surface area contributed by atoms with E-state index in [-0.39, 0.29) is 0 Å². The summed E-state index contributed by atoms with van der Waals surface area (Å²) in [4.78, 5) is 43.6. The lowest BCUT2D eigenvalue weighted by Crippen LogP contribution is -1.91. The molecule has 5 heterocycles. The largest absolute Gasteiger partial charge is 0.324 e. The maximum absolute atomic E-state index is 5.99. The Morgan fingerprint density at radius 2 is 0.221 bits per heavy atom. The predicted molar refractivity (Wildman–Crippen MR) is 563 cm³/mol. The van der Waals surface area contributed by atoms with Crippen molar-refractivity contribution in [2.45, 2.75) is 0 Å². The Balaban J connectivity index is 0.799. The number of aromatic nitrogens is 8. The van der Waals surface area contributed by atoms with E-state index in [2.05, 4.69) is 495 Å². The third-order valence-electron chi connectivity index (χ3n) is 26.8. The summed E-state index contributed by atoms with van der Waals surface area (Å²) in [6.45, 7) is 0. The molecule has 8 heteroatoms. The molecule has 0 radical (unpaired) electrons. The number of fused-ring (bicyclic) bond motifs is 20. The maximum Gasteiger partial charge on any atom is 0.164 e. The van der Waals surface area contributed by atoms with Crippen molar-refractivity contribution in [2.75, 3.05) is 0 Å². The predicted octanol–water partition coefficient (Wildman–Crippen LogP) is 33.5. The van der Waals surface area contributed by atoms with Gasteiger partial charge in [0.05, 0.1) is 0 Å². The Bertz CT molecular complexity index is 7650. The fourth-order valence-corrected chi connectivity index (χ4v) is 19.7. The molecule has 3 aromatic heterocycles. The Morgan fingerprint density at radius 3 is 0.360 bits per heavy atom. The van der Waals surface area contributed by atoms with Gasteiger partial charge in [0.2, 0.25) is 0 Å². The standard InChI is InChI=1S/C128H82N8/c1-9-25-81(26-10-1)89-41-57-97(58-42-89)105-73-113-114(74-106(105)98-59-43-90(44-60-98)82-27-11-2-12-28-82)122-129-121(113)133-123-115-75-107(99-61-45-91(46-62-99)83-29-13-3-14-30-83)108(100-63-47-92(48-64-100)84-31-15-4-16-32-84)76-116(115)125(130-123)135-127-119-79-111(103-69-53-95(54-70-103)87-37-21-7-22-38-87)112(104-71-55-96(56-72-104)88-39-23-8-24-40-88)80-120(119)128(132-127)136-126-118-78-110(102-67-51-94(52-68-102)86-35-19-6-20-36-86)109(77-117(118)124(131-126)134-122)101-65-49-93(50-66-101)85-33-17-5-18-34-85/h1-80H,(H2,129,130,131,132,133,134,135,136). The molecule has 2 aliphatic heterocycles. The first-order valence-electron chi connectivity index (χ1n) is 46.2. The zero-order valence-corrected chi connectivity index (χ0v) is 73.9. The number of benzene rings is 20. The van der Waals surface area contributed by atoms with Gasteiger partial charge in [0.25, 0.3) is 0 Å². The summed E-state index contributed by atoms with van der Waals surface area (Å²) in [5.41, 5.74) is 39.6. The van der Waals surface area contributed by atoms with Crippen molar-refractivity contribution in [3.05, 3.63) is 485 Å². The minimum atomic E-state index is 0.464. The highest BCUT2D eigenvalue weighted by atomic mass is 15.1. The molecule has 0 saturated heterocycles. The van der Waals surface area contributed by atoms with Crippen molar-refractivity contribution in [3.8, 4) is 224 Å². The molecule has 0 amide bonds. The van der Waals surface area contributed by atoms with Crippen LogP contribution in [0.25, 0.3) is 268 Å². The van der Waals surface area contributed by atoms with Crippen LogP contribution in [-0.2, 0) is 0 Å². The molecule has 8 bridgehead atoms. The van der Waals surface area contributed by atoms with E-state index in [0.29, 0.717) is 45.9 Å². The minimum Gasteiger partial charge on any atom is -0.324 e. The van der Waals surface area contributed by atoms with Crippen molar-refractivity contribution in [1.82, 2.24) is 39.9 Å². The van der Waals surface area contributed by atoms with Crippen LogP contribution in [0, 0.1) is 0 Å². The highest BCUT2D eigenvalue weighted by Gasteiger charge is 2.29. The molecule has 0 fully saturated rings. The lowest BCUT2D eigenvalue weighted by molar-refractivity contribution is 1.19. The van der Waals surface area contributed by atoms with Crippen LogP contribution < -0.4 is 0 Å². The van der Waals surface area contributed by atoms with Crippen LogP contribution >= 0.6 is 0 Å². The van der Waals surface area contributed by atoms with Crippen LogP contribution in [0.4, 0.5) is 0 Å². The van der Waals surface area contributed by atoms with Gasteiger partial charge in [0.15, 0.2) is 23.3 Å². The average Bonchev–Trinajstić information content (AvgIpc) is 1.57. The molecule has 0 atom stereocenters. The van der Waals surface area contributed by atoms with Crippen molar-refractivity contribution < 1.29 is 0 Å². The van der Waals surface area contributed by atoms with Gasteiger partial charge in [-0.15, -0.1) is 0 Å². The molecule has 0 saturated carbocycles. The van der Waals surface area contributed by atoms with Gasteiger partial charge >= 0.3 is 0 Å². The Morgan fingerprint density at radius 1 is 0.103 bits per heavy atom. The normalized spacial score (nSPS) is 11.5. The second-order valence-corrected chi connectivity index (χ2v) is 34.9. The zero-order chi connectivity index (χ0) is 89.9. The van der Waals surface area contributed by atoms with Gasteiger partial charge in [0, 0.05) is 43.8 Å². The molecule has 25 rings (SSSR count). The van der Waals surface area contributed by atoms with E-state index in [4.69, 9.17) is 29.9 Å². The van der Waals surface area contributed by atoms with Crippen LogP contribution in [0.3, 0.4) is 0 Å². The fraction of sp³-hybridized carbons (Fsp3) is 0. The maximum atomic E-state index is 5.99. The monoisotopic (exact) mass is 1730 g/mol. The second kappa shape index (κ2) is 34.2. The number of aromatic amines is 2. The molecule has 20 aromatic carbocycles. The molecule has 136 heavy (non-hydrogen) atoms. The minimum absolute atomic E-state index is 0.464. The van der Waals surface area contributed by atoms with Crippen molar-refractivity contribution in [3.63, 3.8) is 0 Å². The molecular weight excluding hydrogens is 1650 g/mol. The van der Waals surface area contributed by atoms with Gasteiger partial charge in [-0.1, -0.05) is 437 Å². The van der Waals surface area contributed by atoms with Crippen LogP contribution in [0.15, 0.2) is 485 Å². The molecule has 0 spiro atoms. The third kappa shape index (κ3) is 15.1.